The molecule has 0 spiro atoms. The number of aryl methyl sites for hydroxylation is 1. The smallest absolute Gasteiger partial charge is 0.313 e. The summed E-state index contributed by atoms with van der Waals surface area (Å²) in [7, 11) is 0. The van der Waals surface area contributed by atoms with Crippen molar-refractivity contribution in [3.05, 3.63) is 64.2 Å². The highest BCUT2D eigenvalue weighted by molar-refractivity contribution is 6.39. The van der Waals surface area contributed by atoms with Gasteiger partial charge in [0.25, 0.3) is 5.69 Å². The van der Waals surface area contributed by atoms with Crippen LogP contribution in [0.4, 0.5) is 17.1 Å². The van der Waals surface area contributed by atoms with E-state index in [0.29, 0.717) is 24.3 Å². The van der Waals surface area contributed by atoms with Gasteiger partial charge in [0.2, 0.25) is 0 Å². The van der Waals surface area contributed by atoms with Crippen LogP contribution in [0.3, 0.4) is 0 Å². The topological polar surface area (TPSA) is 108 Å². The van der Waals surface area contributed by atoms with Gasteiger partial charge in [-0.25, -0.2) is 0 Å². The third-order valence-electron chi connectivity index (χ3n) is 5.08. The summed E-state index contributed by atoms with van der Waals surface area (Å²) in [5, 5.41) is 15.9. The number of nitro groups is 1. The molecule has 1 heterocycles. The monoisotopic (exact) mass is 411 g/mol. The van der Waals surface area contributed by atoms with E-state index < -0.39 is 16.7 Å². The number of carbonyl (C=O) groups is 2. The zero-order chi connectivity index (χ0) is 21.5. The third kappa shape index (κ3) is 5.54. The number of non-ortho nitro benzene ring substituents is 1. The predicted octanol–water partition coefficient (Wildman–Crippen LogP) is 1.78. The number of rotatable bonds is 6. The fourth-order valence-corrected chi connectivity index (χ4v) is 3.36. The number of hydrogen-bond donors (Lipinski definition) is 2. The quantitative estimate of drug-likeness (QED) is 0.426. The lowest BCUT2D eigenvalue weighted by Gasteiger charge is -2.36. The molecule has 158 valence electrons. The predicted molar refractivity (Wildman–Crippen MR) is 115 cm³/mol. The molecule has 9 heteroatoms. The van der Waals surface area contributed by atoms with Crippen LogP contribution in [0.25, 0.3) is 0 Å². The second kappa shape index (κ2) is 9.84. The lowest BCUT2D eigenvalue weighted by Crippen LogP contribution is -2.49. The van der Waals surface area contributed by atoms with Gasteiger partial charge in [0, 0.05) is 62.8 Å². The second-order valence-electron chi connectivity index (χ2n) is 7.13. The van der Waals surface area contributed by atoms with E-state index in [1.165, 1.54) is 23.9 Å². The molecule has 0 unspecified atom stereocenters. The molecule has 1 aliphatic rings. The molecule has 3 rings (SSSR count). The lowest BCUT2D eigenvalue weighted by molar-refractivity contribution is -0.384. The van der Waals surface area contributed by atoms with Crippen molar-refractivity contribution in [3.8, 4) is 0 Å². The van der Waals surface area contributed by atoms with Crippen LogP contribution in [0.5, 0.6) is 0 Å². The zero-order valence-corrected chi connectivity index (χ0v) is 16.8. The summed E-state index contributed by atoms with van der Waals surface area (Å²) >= 11 is 0. The minimum absolute atomic E-state index is 0.0673. The lowest BCUT2D eigenvalue weighted by atomic mass is 10.2. The maximum atomic E-state index is 12.1. The Morgan fingerprint density at radius 3 is 2.37 bits per heavy atom. The standard InChI is InChI=1S/C21H25N5O4/c1-16-15-18(26(29)30)7-8-19(16)23-21(28)20(27)22-9-10-24-11-13-25(14-12-24)17-5-3-2-4-6-17/h2-8,15H,9-14H2,1H3,(H,22,27)(H,23,28). The van der Waals surface area contributed by atoms with Crippen molar-refractivity contribution in [1.82, 2.24) is 10.2 Å². The van der Waals surface area contributed by atoms with Crippen LogP contribution in [0.1, 0.15) is 5.56 Å². The molecule has 2 aromatic carbocycles. The van der Waals surface area contributed by atoms with Crippen molar-refractivity contribution in [3.63, 3.8) is 0 Å². The summed E-state index contributed by atoms with van der Waals surface area (Å²) in [4.78, 5) is 39.0. The van der Waals surface area contributed by atoms with Crippen LogP contribution in [0.2, 0.25) is 0 Å². The maximum absolute atomic E-state index is 12.1. The van der Waals surface area contributed by atoms with Crippen molar-refractivity contribution in [2.45, 2.75) is 6.92 Å². The number of para-hydroxylation sites is 1. The summed E-state index contributed by atoms with van der Waals surface area (Å²) in [5.74, 6) is -1.52. The molecule has 0 aromatic heterocycles. The molecule has 1 saturated heterocycles. The number of nitro benzene ring substituents is 1. The van der Waals surface area contributed by atoms with Gasteiger partial charge in [0.15, 0.2) is 0 Å². The molecule has 0 bridgehead atoms. The van der Waals surface area contributed by atoms with E-state index in [0.717, 1.165) is 26.2 Å². The Kier molecular flexibility index (Phi) is 6.97. The fraction of sp³-hybridized carbons (Fsp3) is 0.333. The Labute approximate surface area is 174 Å². The van der Waals surface area contributed by atoms with Crippen molar-refractivity contribution in [1.29, 1.82) is 0 Å². The van der Waals surface area contributed by atoms with Gasteiger partial charge in [-0.1, -0.05) is 18.2 Å². The summed E-state index contributed by atoms with van der Waals surface area (Å²) in [6.07, 6.45) is 0. The van der Waals surface area contributed by atoms with Crippen LogP contribution in [-0.4, -0.2) is 60.9 Å². The van der Waals surface area contributed by atoms with E-state index in [1.54, 1.807) is 6.92 Å². The van der Waals surface area contributed by atoms with Crippen molar-refractivity contribution in [2.75, 3.05) is 49.5 Å². The Hall–Kier alpha value is -3.46. The first kappa shape index (κ1) is 21.3. The number of nitrogens with zero attached hydrogens (tertiary/aromatic N) is 3. The number of benzene rings is 2. The SMILES string of the molecule is Cc1cc([N+](=O)[O-])ccc1NC(=O)C(=O)NCCN1CCN(c2ccccc2)CC1. The molecule has 1 aliphatic heterocycles. The highest BCUT2D eigenvalue weighted by atomic mass is 16.6. The van der Waals surface area contributed by atoms with Crippen LogP contribution in [-0.2, 0) is 9.59 Å². The zero-order valence-electron chi connectivity index (χ0n) is 16.8. The van der Waals surface area contributed by atoms with Crippen LogP contribution >= 0.6 is 0 Å². The molecule has 2 amide bonds. The van der Waals surface area contributed by atoms with Gasteiger partial charge in [-0.05, 0) is 30.7 Å². The van der Waals surface area contributed by atoms with Gasteiger partial charge in [-0.15, -0.1) is 0 Å². The Bertz CT molecular complexity index is 911. The molecular formula is C21H25N5O4. The normalized spacial score (nSPS) is 14.2. The Balaban J connectivity index is 1.39. The number of nitrogens with one attached hydrogen (secondary N) is 2. The number of anilines is 2. The minimum Gasteiger partial charge on any atom is -0.369 e. The first-order chi connectivity index (χ1) is 14.4. The summed E-state index contributed by atoms with van der Waals surface area (Å²) < 4.78 is 0. The Morgan fingerprint density at radius 1 is 1.03 bits per heavy atom. The van der Waals surface area contributed by atoms with E-state index in [4.69, 9.17) is 0 Å². The third-order valence-corrected chi connectivity index (χ3v) is 5.08. The summed E-state index contributed by atoms with van der Waals surface area (Å²) in [6, 6.07) is 14.3. The van der Waals surface area contributed by atoms with E-state index in [2.05, 4.69) is 32.6 Å². The van der Waals surface area contributed by atoms with Gasteiger partial charge >= 0.3 is 11.8 Å². The van der Waals surface area contributed by atoms with Crippen molar-refractivity contribution in [2.24, 2.45) is 0 Å². The highest BCUT2D eigenvalue weighted by Gasteiger charge is 2.19. The van der Waals surface area contributed by atoms with Crippen molar-refractivity contribution < 1.29 is 14.5 Å². The van der Waals surface area contributed by atoms with E-state index in [-0.39, 0.29) is 5.69 Å². The summed E-state index contributed by atoms with van der Waals surface area (Å²) in [5.41, 5.74) is 2.03. The summed E-state index contributed by atoms with van der Waals surface area (Å²) in [6.45, 7) is 6.28. The van der Waals surface area contributed by atoms with E-state index in [9.17, 15) is 19.7 Å². The number of carbonyl (C=O) groups excluding carboxylic acids is 2. The molecule has 30 heavy (non-hydrogen) atoms. The molecule has 1 fully saturated rings. The van der Waals surface area contributed by atoms with Crippen molar-refractivity contribution >= 4 is 28.9 Å². The number of amides is 2. The molecule has 0 radical (unpaired) electrons. The number of piperazine rings is 1. The first-order valence-corrected chi connectivity index (χ1v) is 9.80. The van der Waals surface area contributed by atoms with E-state index in [1.807, 2.05) is 18.2 Å². The molecule has 2 aromatic rings. The highest BCUT2D eigenvalue weighted by Crippen LogP contribution is 2.21. The van der Waals surface area contributed by atoms with E-state index >= 15 is 0 Å². The average Bonchev–Trinajstić information content (AvgIpc) is 2.76. The van der Waals surface area contributed by atoms with Gasteiger partial charge in [-0.3, -0.25) is 24.6 Å². The Morgan fingerprint density at radius 2 is 1.73 bits per heavy atom. The second-order valence-corrected chi connectivity index (χ2v) is 7.13. The van der Waals surface area contributed by atoms with Crippen LogP contribution < -0.4 is 15.5 Å². The molecular weight excluding hydrogens is 386 g/mol. The molecule has 0 aliphatic carbocycles. The molecule has 2 N–H and O–H groups in total. The molecule has 0 atom stereocenters. The fourth-order valence-electron chi connectivity index (χ4n) is 3.36. The van der Waals surface area contributed by atoms with Gasteiger partial charge < -0.3 is 15.5 Å². The first-order valence-electron chi connectivity index (χ1n) is 9.80. The minimum atomic E-state index is -0.791. The van der Waals surface area contributed by atoms with Gasteiger partial charge in [0.1, 0.15) is 0 Å². The van der Waals surface area contributed by atoms with Crippen LogP contribution in [0.15, 0.2) is 48.5 Å². The van der Waals surface area contributed by atoms with Gasteiger partial charge in [-0.2, -0.15) is 0 Å². The number of hydrogen-bond acceptors (Lipinski definition) is 6. The maximum Gasteiger partial charge on any atom is 0.313 e. The van der Waals surface area contributed by atoms with Gasteiger partial charge in [0.05, 0.1) is 4.92 Å². The van der Waals surface area contributed by atoms with Crippen LogP contribution in [0, 0.1) is 17.0 Å². The average molecular weight is 411 g/mol. The molecule has 0 saturated carbocycles. The largest absolute Gasteiger partial charge is 0.369 e. The molecule has 9 nitrogen and oxygen atoms in total.